The Morgan fingerprint density at radius 3 is 2.39 bits per heavy atom. The summed E-state index contributed by atoms with van der Waals surface area (Å²) in [6.07, 6.45) is 2.84. The van der Waals surface area contributed by atoms with Gasteiger partial charge in [0.05, 0.1) is 13.7 Å². The quantitative estimate of drug-likeness (QED) is 0.675. The predicted octanol–water partition coefficient (Wildman–Crippen LogP) is 3.49. The van der Waals surface area contributed by atoms with Crippen molar-refractivity contribution >= 4 is 5.91 Å². The van der Waals surface area contributed by atoms with Gasteiger partial charge in [-0.25, -0.2) is 0 Å². The zero-order chi connectivity index (χ0) is 19.6. The van der Waals surface area contributed by atoms with Gasteiger partial charge >= 0.3 is 0 Å². The number of rotatable bonds is 9. The number of nitrogens with zero attached hydrogens (tertiary/aromatic N) is 1. The number of likely N-dealkylation sites (tertiary alicyclic amines) is 1. The van der Waals surface area contributed by atoms with Crippen LogP contribution in [0.4, 0.5) is 0 Å². The predicted molar refractivity (Wildman–Crippen MR) is 111 cm³/mol. The maximum Gasteiger partial charge on any atom is 0.223 e. The third-order valence-corrected chi connectivity index (χ3v) is 5.21. The minimum atomic E-state index is 0.135. The summed E-state index contributed by atoms with van der Waals surface area (Å²) < 4.78 is 10.9. The van der Waals surface area contributed by atoms with Crippen LogP contribution in [-0.4, -0.2) is 44.2 Å². The SMILES string of the molecule is COc1ccc(OCCCN2CCC(C(=O)NCc3ccccc3)CC2)cc1. The van der Waals surface area contributed by atoms with Crippen LogP contribution in [0.1, 0.15) is 24.8 Å². The van der Waals surface area contributed by atoms with E-state index in [0.717, 1.165) is 56.0 Å². The van der Waals surface area contributed by atoms with Crippen LogP contribution < -0.4 is 14.8 Å². The van der Waals surface area contributed by atoms with Crippen molar-refractivity contribution in [1.82, 2.24) is 10.2 Å². The van der Waals surface area contributed by atoms with E-state index in [-0.39, 0.29) is 11.8 Å². The normalized spacial score (nSPS) is 15.2. The summed E-state index contributed by atoms with van der Waals surface area (Å²) in [7, 11) is 1.66. The lowest BCUT2D eigenvalue weighted by atomic mass is 9.95. The van der Waals surface area contributed by atoms with Gasteiger partial charge in [0.1, 0.15) is 11.5 Å². The minimum absolute atomic E-state index is 0.135. The summed E-state index contributed by atoms with van der Waals surface area (Å²) >= 11 is 0. The molecule has 0 aliphatic carbocycles. The van der Waals surface area contributed by atoms with Gasteiger partial charge in [-0.15, -0.1) is 0 Å². The molecule has 2 aromatic carbocycles. The molecule has 1 amide bonds. The highest BCUT2D eigenvalue weighted by molar-refractivity contribution is 5.78. The number of benzene rings is 2. The standard InChI is InChI=1S/C23H30N2O3/c1-27-21-8-10-22(11-9-21)28-17-5-14-25-15-12-20(13-16-25)23(26)24-18-19-6-3-2-4-7-19/h2-4,6-11,20H,5,12-18H2,1H3,(H,24,26). The lowest BCUT2D eigenvalue weighted by Crippen LogP contribution is -2.40. The molecule has 0 saturated carbocycles. The molecule has 0 spiro atoms. The Hall–Kier alpha value is -2.53. The largest absolute Gasteiger partial charge is 0.497 e. The van der Waals surface area contributed by atoms with E-state index in [1.54, 1.807) is 7.11 Å². The minimum Gasteiger partial charge on any atom is -0.497 e. The van der Waals surface area contributed by atoms with Crippen LogP contribution in [0.5, 0.6) is 11.5 Å². The Bertz CT molecular complexity index is 710. The highest BCUT2D eigenvalue weighted by Gasteiger charge is 2.24. The Kier molecular flexibility index (Phi) is 7.73. The molecule has 2 aromatic rings. The Morgan fingerprint density at radius 1 is 1.04 bits per heavy atom. The van der Waals surface area contributed by atoms with Crippen LogP contribution in [0, 0.1) is 5.92 Å². The highest BCUT2D eigenvalue weighted by atomic mass is 16.5. The first kappa shape index (κ1) is 20.2. The molecule has 5 nitrogen and oxygen atoms in total. The van der Waals surface area contributed by atoms with Gasteiger partial charge < -0.3 is 19.7 Å². The maximum absolute atomic E-state index is 12.4. The summed E-state index contributed by atoms with van der Waals surface area (Å²) in [6.45, 7) is 4.28. The van der Waals surface area contributed by atoms with Crippen molar-refractivity contribution in [3.8, 4) is 11.5 Å². The van der Waals surface area contributed by atoms with E-state index in [4.69, 9.17) is 9.47 Å². The number of nitrogens with one attached hydrogen (secondary N) is 1. The van der Waals surface area contributed by atoms with Gasteiger partial charge in [-0.1, -0.05) is 30.3 Å². The molecule has 150 valence electrons. The summed E-state index contributed by atoms with van der Waals surface area (Å²) in [6, 6.07) is 17.7. The molecule has 1 N–H and O–H groups in total. The monoisotopic (exact) mass is 382 g/mol. The lowest BCUT2D eigenvalue weighted by Gasteiger charge is -2.31. The van der Waals surface area contributed by atoms with Crippen LogP contribution in [-0.2, 0) is 11.3 Å². The van der Waals surface area contributed by atoms with Gasteiger partial charge in [0.2, 0.25) is 5.91 Å². The number of ether oxygens (including phenoxy) is 2. The van der Waals surface area contributed by atoms with E-state index < -0.39 is 0 Å². The van der Waals surface area contributed by atoms with Gasteiger partial charge in [0, 0.05) is 19.0 Å². The van der Waals surface area contributed by atoms with Crippen molar-refractivity contribution in [3.05, 3.63) is 60.2 Å². The number of amides is 1. The molecule has 0 atom stereocenters. The van der Waals surface area contributed by atoms with Gasteiger partial charge in [0.15, 0.2) is 0 Å². The van der Waals surface area contributed by atoms with Crippen molar-refractivity contribution in [1.29, 1.82) is 0 Å². The molecule has 0 aromatic heterocycles. The van der Waals surface area contributed by atoms with Crippen LogP contribution in [0.15, 0.2) is 54.6 Å². The van der Waals surface area contributed by atoms with E-state index in [1.807, 2.05) is 54.6 Å². The molecule has 1 aliphatic heterocycles. The van der Waals surface area contributed by atoms with Crippen molar-refractivity contribution in [2.24, 2.45) is 5.92 Å². The molecule has 1 saturated heterocycles. The number of carbonyl (C=O) groups excluding carboxylic acids is 1. The van der Waals surface area contributed by atoms with Crippen LogP contribution in [0.2, 0.25) is 0 Å². The second kappa shape index (κ2) is 10.7. The molecule has 5 heteroatoms. The first-order valence-electron chi connectivity index (χ1n) is 10.1. The smallest absolute Gasteiger partial charge is 0.223 e. The maximum atomic E-state index is 12.4. The second-order valence-corrected chi connectivity index (χ2v) is 7.20. The lowest BCUT2D eigenvalue weighted by molar-refractivity contribution is -0.126. The van der Waals surface area contributed by atoms with Gasteiger partial charge in [0.25, 0.3) is 0 Å². The van der Waals surface area contributed by atoms with Crippen molar-refractivity contribution in [2.45, 2.75) is 25.8 Å². The molecule has 0 unspecified atom stereocenters. The average molecular weight is 383 g/mol. The van der Waals surface area contributed by atoms with Gasteiger partial charge in [-0.2, -0.15) is 0 Å². The molecular weight excluding hydrogens is 352 g/mol. The highest BCUT2D eigenvalue weighted by Crippen LogP contribution is 2.19. The average Bonchev–Trinajstić information content (AvgIpc) is 2.76. The van der Waals surface area contributed by atoms with Crippen molar-refractivity contribution in [3.63, 3.8) is 0 Å². The van der Waals surface area contributed by atoms with Crippen LogP contribution >= 0.6 is 0 Å². The summed E-state index contributed by atoms with van der Waals surface area (Å²) in [5.74, 6) is 2.03. The van der Waals surface area contributed by atoms with Gasteiger partial charge in [-0.3, -0.25) is 4.79 Å². The number of hydrogen-bond donors (Lipinski definition) is 1. The third kappa shape index (κ3) is 6.27. The van der Waals surface area contributed by atoms with E-state index in [1.165, 1.54) is 0 Å². The van der Waals surface area contributed by atoms with Crippen molar-refractivity contribution in [2.75, 3.05) is 33.4 Å². The summed E-state index contributed by atoms with van der Waals surface area (Å²) in [5.41, 5.74) is 1.14. The van der Waals surface area contributed by atoms with Crippen LogP contribution in [0.3, 0.4) is 0 Å². The van der Waals surface area contributed by atoms with E-state index in [9.17, 15) is 4.79 Å². The zero-order valence-corrected chi connectivity index (χ0v) is 16.6. The summed E-state index contributed by atoms with van der Waals surface area (Å²) in [4.78, 5) is 14.8. The zero-order valence-electron chi connectivity index (χ0n) is 16.6. The second-order valence-electron chi connectivity index (χ2n) is 7.20. The molecule has 1 heterocycles. The van der Waals surface area contributed by atoms with E-state index in [0.29, 0.717) is 13.2 Å². The number of carbonyl (C=O) groups is 1. The van der Waals surface area contributed by atoms with Crippen LogP contribution in [0.25, 0.3) is 0 Å². The fraction of sp³-hybridized carbons (Fsp3) is 0.435. The third-order valence-electron chi connectivity index (χ3n) is 5.21. The number of methoxy groups -OCH3 is 1. The molecule has 3 rings (SSSR count). The Balaban J connectivity index is 1.28. The molecule has 28 heavy (non-hydrogen) atoms. The molecule has 1 fully saturated rings. The Labute approximate surface area is 167 Å². The molecule has 1 aliphatic rings. The molecular formula is C23H30N2O3. The Morgan fingerprint density at radius 2 is 1.71 bits per heavy atom. The fourth-order valence-corrected chi connectivity index (χ4v) is 3.50. The van der Waals surface area contributed by atoms with E-state index in [2.05, 4.69) is 10.2 Å². The number of piperidine rings is 1. The van der Waals surface area contributed by atoms with Crippen molar-refractivity contribution < 1.29 is 14.3 Å². The fourth-order valence-electron chi connectivity index (χ4n) is 3.50. The topological polar surface area (TPSA) is 50.8 Å². The van der Waals surface area contributed by atoms with E-state index >= 15 is 0 Å². The number of hydrogen-bond acceptors (Lipinski definition) is 4. The first-order chi connectivity index (χ1) is 13.7. The summed E-state index contributed by atoms with van der Waals surface area (Å²) in [5, 5.41) is 3.08. The molecule has 0 radical (unpaired) electrons. The van der Waals surface area contributed by atoms with Gasteiger partial charge in [-0.05, 0) is 62.2 Å². The molecule has 0 bridgehead atoms. The first-order valence-corrected chi connectivity index (χ1v) is 10.1.